The number of carboxylic acids is 1. The van der Waals surface area contributed by atoms with Crippen LogP contribution in [-0.2, 0) is 0 Å². The zero-order valence-electron chi connectivity index (χ0n) is 12.0. The summed E-state index contributed by atoms with van der Waals surface area (Å²) in [5.74, 6) is -1.56. The molecule has 114 valence electrons. The maximum atomic E-state index is 12.2. The number of amides is 1. The van der Waals surface area contributed by atoms with Gasteiger partial charge in [0.1, 0.15) is 0 Å². The molecule has 0 saturated carbocycles. The van der Waals surface area contributed by atoms with E-state index in [1.807, 2.05) is 6.07 Å². The molecule has 0 aliphatic carbocycles. The SMILES string of the molecule is O=C(Nc1cnn(-c2ccccc2)c1C(=O)O)c1ccccc1. The number of carboxylic acid groups (broad SMARTS) is 1. The molecule has 6 heteroatoms. The topological polar surface area (TPSA) is 84.2 Å². The number of hydrogen-bond acceptors (Lipinski definition) is 3. The Morgan fingerprint density at radius 3 is 2.17 bits per heavy atom. The van der Waals surface area contributed by atoms with Gasteiger partial charge in [-0.3, -0.25) is 4.79 Å². The third-order valence-electron chi connectivity index (χ3n) is 3.26. The maximum absolute atomic E-state index is 12.2. The Morgan fingerprint density at radius 1 is 0.957 bits per heavy atom. The van der Waals surface area contributed by atoms with E-state index in [9.17, 15) is 14.7 Å². The number of para-hydroxylation sites is 1. The van der Waals surface area contributed by atoms with Gasteiger partial charge in [0.15, 0.2) is 5.69 Å². The van der Waals surface area contributed by atoms with Crippen molar-refractivity contribution in [2.75, 3.05) is 5.32 Å². The standard InChI is InChI=1S/C17H13N3O3/c21-16(12-7-3-1-4-8-12)19-14-11-18-20(15(14)17(22)23)13-9-5-2-6-10-13/h1-11H,(H,19,21)(H,22,23). The van der Waals surface area contributed by atoms with Gasteiger partial charge in [-0.1, -0.05) is 36.4 Å². The van der Waals surface area contributed by atoms with Gasteiger partial charge in [-0.05, 0) is 24.3 Å². The summed E-state index contributed by atoms with van der Waals surface area (Å²) < 4.78 is 1.28. The molecule has 0 unspecified atom stereocenters. The lowest BCUT2D eigenvalue weighted by Crippen LogP contribution is -2.15. The Morgan fingerprint density at radius 2 is 1.57 bits per heavy atom. The second-order valence-electron chi connectivity index (χ2n) is 4.78. The van der Waals surface area contributed by atoms with E-state index < -0.39 is 5.97 Å². The number of rotatable bonds is 4. The van der Waals surface area contributed by atoms with Crippen LogP contribution in [0, 0.1) is 0 Å². The predicted octanol–water partition coefficient (Wildman–Crippen LogP) is 2.82. The normalized spacial score (nSPS) is 10.3. The van der Waals surface area contributed by atoms with Gasteiger partial charge in [0.2, 0.25) is 0 Å². The van der Waals surface area contributed by atoms with Crippen molar-refractivity contribution in [2.24, 2.45) is 0 Å². The van der Waals surface area contributed by atoms with Crippen LogP contribution in [0.4, 0.5) is 5.69 Å². The Labute approximate surface area is 132 Å². The smallest absolute Gasteiger partial charge is 0.356 e. The van der Waals surface area contributed by atoms with Gasteiger partial charge in [-0.25, -0.2) is 9.48 Å². The molecule has 3 aromatic rings. The number of hydrogen-bond donors (Lipinski definition) is 2. The highest BCUT2D eigenvalue weighted by Gasteiger charge is 2.20. The lowest BCUT2D eigenvalue weighted by Gasteiger charge is -2.07. The molecule has 3 rings (SSSR count). The summed E-state index contributed by atoms with van der Waals surface area (Å²) in [6.07, 6.45) is 1.33. The van der Waals surface area contributed by atoms with E-state index in [0.29, 0.717) is 11.3 Å². The fourth-order valence-electron chi connectivity index (χ4n) is 2.19. The highest BCUT2D eigenvalue weighted by atomic mass is 16.4. The first-order valence-corrected chi connectivity index (χ1v) is 6.90. The van der Waals surface area contributed by atoms with Crippen LogP contribution < -0.4 is 5.32 Å². The Hall–Kier alpha value is -3.41. The van der Waals surface area contributed by atoms with E-state index in [2.05, 4.69) is 10.4 Å². The van der Waals surface area contributed by atoms with Gasteiger partial charge >= 0.3 is 5.97 Å². The minimum absolute atomic E-state index is 0.0968. The van der Waals surface area contributed by atoms with Gasteiger partial charge < -0.3 is 10.4 Å². The number of aromatic nitrogens is 2. The third-order valence-corrected chi connectivity index (χ3v) is 3.26. The van der Waals surface area contributed by atoms with E-state index in [1.165, 1.54) is 10.9 Å². The van der Waals surface area contributed by atoms with Crippen molar-refractivity contribution in [3.8, 4) is 5.69 Å². The van der Waals surface area contributed by atoms with Crippen molar-refractivity contribution in [2.45, 2.75) is 0 Å². The molecule has 2 N–H and O–H groups in total. The molecule has 0 radical (unpaired) electrons. The highest BCUT2D eigenvalue weighted by Crippen LogP contribution is 2.20. The molecule has 1 heterocycles. The highest BCUT2D eigenvalue weighted by molar-refractivity contribution is 6.07. The number of carbonyl (C=O) groups is 2. The van der Waals surface area contributed by atoms with Crippen LogP contribution in [0.25, 0.3) is 5.69 Å². The molecule has 2 aromatic carbocycles. The van der Waals surface area contributed by atoms with Crippen LogP contribution in [0.1, 0.15) is 20.8 Å². The van der Waals surface area contributed by atoms with Gasteiger partial charge in [-0.15, -0.1) is 0 Å². The molecule has 0 spiro atoms. The Balaban J connectivity index is 1.96. The number of anilines is 1. The number of carbonyl (C=O) groups excluding carboxylic acids is 1. The van der Waals surface area contributed by atoms with Crippen molar-refractivity contribution < 1.29 is 14.7 Å². The van der Waals surface area contributed by atoms with Crippen LogP contribution in [-0.4, -0.2) is 26.8 Å². The first-order valence-electron chi connectivity index (χ1n) is 6.90. The first-order chi connectivity index (χ1) is 11.2. The molecule has 0 fully saturated rings. The van der Waals surface area contributed by atoms with Crippen molar-refractivity contribution >= 4 is 17.6 Å². The summed E-state index contributed by atoms with van der Waals surface area (Å²) in [4.78, 5) is 23.8. The predicted molar refractivity (Wildman–Crippen MR) is 84.9 cm³/mol. The van der Waals surface area contributed by atoms with Crippen LogP contribution >= 0.6 is 0 Å². The van der Waals surface area contributed by atoms with E-state index in [4.69, 9.17) is 0 Å². The van der Waals surface area contributed by atoms with Crippen LogP contribution in [0.5, 0.6) is 0 Å². The second kappa shape index (κ2) is 6.15. The van der Waals surface area contributed by atoms with Crippen molar-refractivity contribution in [3.05, 3.63) is 78.1 Å². The monoisotopic (exact) mass is 307 g/mol. The molecule has 0 saturated heterocycles. The zero-order valence-corrected chi connectivity index (χ0v) is 12.0. The van der Waals surface area contributed by atoms with Crippen LogP contribution in [0.3, 0.4) is 0 Å². The van der Waals surface area contributed by atoms with E-state index in [0.717, 1.165) is 0 Å². The summed E-state index contributed by atoms with van der Waals surface area (Å²) in [6.45, 7) is 0. The molecule has 0 aliphatic rings. The molecule has 0 atom stereocenters. The number of nitrogens with zero attached hydrogens (tertiary/aromatic N) is 2. The van der Waals surface area contributed by atoms with Crippen LogP contribution in [0.15, 0.2) is 66.9 Å². The molecule has 23 heavy (non-hydrogen) atoms. The minimum Gasteiger partial charge on any atom is -0.476 e. The Kier molecular flexibility index (Phi) is 3.88. The average Bonchev–Trinajstić information content (AvgIpc) is 3.00. The summed E-state index contributed by atoms with van der Waals surface area (Å²) in [5.41, 5.74) is 1.09. The summed E-state index contributed by atoms with van der Waals surface area (Å²) >= 11 is 0. The van der Waals surface area contributed by atoms with Crippen molar-refractivity contribution in [1.82, 2.24) is 9.78 Å². The van der Waals surface area contributed by atoms with Crippen molar-refractivity contribution in [3.63, 3.8) is 0 Å². The molecular formula is C17H13N3O3. The van der Waals surface area contributed by atoms with E-state index in [1.54, 1.807) is 54.6 Å². The van der Waals surface area contributed by atoms with Gasteiger partial charge in [0.05, 0.1) is 17.6 Å². The number of nitrogens with one attached hydrogen (secondary N) is 1. The van der Waals surface area contributed by atoms with Crippen molar-refractivity contribution in [1.29, 1.82) is 0 Å². The van der Waals surface area contributed by atoms with E-state index >= 15 is 0 Å². The van der Waals surface area contributed by atoms with E-state index in [-0.39, 0.29) is 17.3 Å². The summed E-state index contributed by atoms with van der Waals surface area (Å²) in [6, 6.07) is 17.4. The van der Waals surface area contributed by atoms with Gasteiger partial charge in [0, 0.05) is 5.56 Å². The lowest BCUT2D eigenvalue weighted by atomic mass is 10.2. The second-order valence-corrected chi connectivity index (χ2v) is 4.78. The van der Waals surface area contributed by atoms with Gasteiger partial charge in [0.25, 0.3) is 5.91 Å². The van der Waals surface area contributed by atoms with Crippen LogP contribution in [0.2, 0.25) is 0 Å². The molecular weight excluding hydrogens is 294 g/mol. The Bertz CT molecular complexity index is 842. The van der Waals surface area contributed by atoms with Gasteiger partial charge in [-0.2, -0.15) is 5.10 Å². The number of benzene rings is 2. The molecule has 1 aromatic heterocycles. The third kappa shape index (κ3) is 2.96. The minimum atomic E-state index is -1.17. The molecule has 0 bridgehead atoms. The summed E-state index contributed by atoms with van der Waals surface area (Å²) in [5, 5.41) is 16.1. The largest absolute Gasteiger partial charge is 0.476 e. The quantitative estimate of drug-likeness (QED) is 0.776. The average molecular weight is 307 g/mol. The number of aromatic carboxylic acids is 1. The fourth-order valence-corrected chi connectivity index (χ4v) is 2.19. The first kappa shape index (κ1) is 14.5. The molecule has 0 aliphatic heterocycles. The maximum Gasteiger partial charge on any atom is 0.356 e. The summed E-state index contributed by atoms with van der Waals surface area (Å²) in [7, 11) is 0. The molecule has 6 nitrogen and oxygen atoms in total. The lowest BCUT2D eigenvalue weighted by molar-refractivity contribution is 0.0688. The zero-order chi connectivity index (χ0) is 16.2. The fraction of sp³-hybridized carbons (Fsp3) is 0. The molecule has 1 amide bonds.